The minimum Gasteiger partial charge on any atom is -0.493 e. The minimum atomic E-state index is -0.445. The van der Waals surface area contributed by atoms with Gasteiger partial charge >= 0.3 is 0 Å². The SMILES string of the molecule is C=CCOc1cc(Br)c(/C=C(/C#N)C(=O)NCc2ccccc2)cc1OC. The largest absolute Gasteiger partial charge is 0.493 e. The molecule has 1 N–H and O–H groups in total. The Hall–Kier alpha value is -3.04. The molecule has 0 saturated carbocycles. The van der Waals surface area contributed by atoms with Crippen molar-refractivity contribution in [2.45, 2.75) is 6.54 Å². The number of benzene rings is 2. The van der Waals surface area contributed by atoms with Gasteiger partial charge in [-0.15, -0.1) is 0 Å². The van der Waals surface area contributed by atoms with Crippen LogP contribution < -0.4 is 14.8 Å². The zero-order valence-electron chi connectivity index (χ0n) is 14.9. The molecule has 0 saturated heterocycles. The van der Waals surface area contributed by atoms with Crippen molar-refractivity contribution < 1.29 is 14.3 Å². The van der Waals surface area contributed by atoms with E-state index < -0.39 is 5.91 Å². The molecule has 0 unspecified atom stereocenters. The van der Waals surface area contributed by atoms with Gasteiger partial charge in [-0.1, -0.05) is 58.9 Å². The maximum absolute atomic E-state index is 12.3. The molecule has 0 spiro atoms. The zero-order chi connectivity index (χ0) is 19.6. The third-order valence-corrected chi connectivity index (χ3v) is 4.29. The fourth-order valence-electron chi connectivity index (χ4n) is 2.26. The molecule has 1 amide bonds. The Morgan fingerprint density at radius 2 is 2.04 bits per heavy atom. The maximum Gasteiger partial charge on any atom is 0.262 e. The summed E-state index contributed by atoms with van der Waals surface area (Å²) in [6.07, 6.45) is 3.14. The Bertz CT molecular complexity index is 886. The number of hydrogen-bond acceptors (Lipinski definition) is 4. The first kappa shape index (κ1) is 20.3. The highest BCUT2D eigenvalue weighted by atomic mass is 79.9. The van der Waals surface area contributed by atoms with E-state index in [-0.39, 0.29) is 5.57 Å². The molecule has 138 valence electrons. The van der Waals surface area contributed by atoms with Crippen molar-refractivity contribution in [1.29, 1.82) is 5.26 Å². The van der Waals surface area contributed by atoms with Crippen LogP contribution in [0.3, 0.4) is 0 Å². The molecule has 27 heavy (non-hydrogen) atoms. The molecule has 0 radical (unpaired) electrons. The van der Waals surface area contributed by atoms with Gasteiger partial charge in [0.15, 0.2) is 11.5 Å². The second-order valence-electron chi connectivity index (χ2n) is 5.46. The van der Waals surface area contributed by atoms with Gasteiger partial charge in [-0.25, -0.2) is 0 Å². The number of hydrogen-bond donors (Lipinski definition) is 1. The van der Waals surface area contributed by atoms with Crippen molar-refractivity contribution >= 4 is 27.9 Å². The third-order valence-electron chi connectivity index (χ3n) is 3.60. The zero-order valence-corrected chi connectivity index (χ0v) is 16.5. The van der Waals surface area contributed by atoms with E-state index in [1.54, 1.807) is 18.2 Å². The van der Waals surface area contributed by atoms with E-state index in [4.69, 9.17) is 9.47 Å². The van der Waals surface area contributed by atoms with Crippen LogP contribution in [0.5, 0.6) is 11.5 Å². The molecule has 0 aliphatic carbocycles. The summed E-state index contributed by atoms with van der Waals surface area (Å²) in [4.78, 5) is 12.3. The van der Waals surface area contributed by atoms with Crippen LogP contribution in [0.25, 0.3) is 6.08 Å². The van der Waals surface area contributed by atoms with Gasteiger partial charge in [0.2, 0.25) is 0 Å². The molecule has 0 aliphatic heterocycles. The van der Waals surface area contributed by atoms with E-state index >= 15 is 0 Å². The number of ether oxygens (including phenoxy) is 2. The predicted molar refractivity (Wildman–Crippen MR) is 108 cm³/mol. The molecule has 0 aliphatic rings. The lowest BCUT2D eigenvalue weighted by atomic mass is 10.1. The van der Waals surface area contributed by atoms with Gasteiger partial charge in [-0.3, -0.25) is 4.79 Å². The van der Waals surface area contributed by atoms with Crippen molar-refractivity contribution in [3.05, 3.63) is 76.3 Å². The quantitative estimate of drug-likeness (QED) is 0.389. The van der Waals surface area contributed by atoms with Crippen LogP contribution in [0, 0.1) is 11.3 Å². The average Bonchev–Trinajstić information content (AvgIpc) is 2.70. The molecule has 6 heteroatoms. The second-order valence-corrected chi connectivity index (χ2v) is 6.32. The Labute approximate surface area is 167 Å². The van der Waals surface area contributed by atoms with E-state index in [9.17, 15) is 10.1 Å². The first-order chi connectivity index (χ1) is 13.1. The second kappa shape index (κ2) is 10.2. The number of nitriles is 1. The van der Waals surface area contributed by atoms with Crippen LogP contribution in [0.4, 0.5) is 0 Å². The van der Waals surface area contributed by atoms with Crippen LogP contribution in [-0.4, -0.2) is 19.6 Å². The highest BCUT2D eigenvalue weighted by Gasteiger charge is 2.13. The van der Waals surface area contributed by atoms with Crippen LogP contribution >= 0.6 is 15.9 Å². The summed E-state index contributed by atoms with van der Waals surface area (Å²) in [7, 11) is 1.52. The first-order valence-corrected chi connectivity index (χ1v) is 8.93. The molecule has 0 atom stereocenters. The number of amides is 1. The summed E-state index contributed by atoms with van der Waals surface area (Å²) >= 11 is 3.44. The lowest BCUT2D eigenvalue weighted by Crippen LogP contribution is -2.23. The highest BCUT2D eigenvalue weighted by molar-refractivity contribution is 9.10. The van der Waals surface area contributed by atoms with Gasteiger partial charge in [0.05, 0.1) is 7.11 Å². The van der Waals surface area contributed by atoms with E-state index in [0.29, 0.717) is 34.7 Å². The van der Waals surface area contributed by atoms with Gasteiger partial charge < -0.3 is 14.8 Å². The fourth-order valence-corrected chi connectivity index (χ4v) is 2.70. The number of carbonyl (C=O) groups excluding carboxylic acids is 1. The Morgan fingerprint density at radius 1 is 1.30 bits per heavy atom. The van der Waals surface area contributed by atoms with Crippen molar-refractivity contribution in [2.24, 2.45) is 0 Å². The molecule has 0 bridgehead atoms. The topological polar surface area (TPSA) is 71.3 Å². The van der Waals surface area contributed by atoms with Gasteiger partial charge in [0.25, 0.3) is 5.91 Å². The van der Waals surface area contributed by atoms with E-state index in [1.807, 2.05) is 36.4 Å². The van der Waals surface area contributed by atoms with E-state index in [2.05, 4.69) is 27.8 Å². The van der Waals surface area contributed by atoms with Crippen molar-refractivity contribution in [1.82, 2.24) is 5.32 Å². The minimum absolute atomic E-state index is 0.00607. The number of rotatable bonds is 8. The van der Waals surface area contributed by atoms with Crippen molar-refractivity contribution in [3.63, 3.8) is 0 Å². The summed E-state index contributed by atoms with van der Waals surface area (Å²) in [5.74, 6) is 0.584. The van der Waals surface area contributed by atoms with Crippen LogP contribution in [-0.2, 0) is 11.3 Å². The van der Waals surface area contributed by atoms with Gasteiger partial charge in [0.1, 0.15) is 18.2 Å². The number of carbonyl (C=O) groups is 1. The molecule has 0 fully saturated rings. The Balaban J connectivity index is 2.21. The molecule has 2 aromatic carbocycles. The molecule has 2 aromatic rings. The normalized spacial score (nSPS) is 10.6. The van der Waals surface area contributed by atoms with Crippen molar-refractivity contribution in [2.75, 3.05) is 13.7 Å². The summed E-state index contributed by atoms with van der Waals surface area (Å²) in [5, 5.41) is 12.1. The van der Waals surface area contributed by atoms with E-state index in [1.165, 1.54) is 13.2 Å². The van der Waals surface area contributed by atoms with Crippen molar-refractivity contribution in [3.8, 4) is 17.6 Å². The summed E-state index contributed by atoms with van der Waals surface area (Å²) in [6.45, 7) is 4.29. The number of nitrogens with one attached hydrogen (secondary N) is 1. The van der Waals surface area contributed by atoms with Crippen LogP contribution in [0.15, 0.2) is 65.2 Å². The lowest BCUT2D eigenvalue weighted by molar-refractivity contribution is -0.117. The Morgan fingerprint density at radius 3 is 2.67 bits per heavy atom. The standard InChI is InChI=1S/C21H19BrN2O3/c1-3-9-27-20-12-18(22)16(11-19(20)26-2)10-17(13-23)21(25)24-14-15-7-5-4-6-8-15/h3-8,10-12H,1,9,14H2,2H3,(H,24,25)/b17-10-. The fraction of sp³-hybridized carbons (Fsp3) is 0.143. The molecule has 2 rings (SSSR count). The molecular formula is C21H19BrN2O3. The van der Waals surface area contributed by atoms with Gasteiger partial charge in [0, 0.05) is 11.0 Å². The summed E-state index contributed by atoms with van der Waals surface area (Å²) in [5.41, 5.74) is 1.58. The van der Waals surface area contributed by atoms with Crippen LogP contribution in [0.2, 0.25) is 0 Å². The van der Waals surface area contributed by atoms with Crippen LogP contribution in [0.1, 0.15) is 11.1 Å². The lowest BCUT2D eigenvalue weighted by Gasteiger charge is -2.12. The smallest absolute Gasteiger partial charge is 0.262 e. The molecule has 5 nitrogen and oxygen atoms in total. The van der Waals surface area contributed by atoms with Gasteiger partial charge in [-0.05, 0) is 29.3 Å². The molecule has 0 heterocycles. The number of nitrogens with zero attached hydrogens (tertiary/aromatic N) is 1. The average molecular weight is 427 g/mol. The molecule has 0 aromatic heterocycles. The predicted octanol–water partition coefficient (Wildman–Crippen LogP) is 4.25. The third kappa shape index (κ3) is 5.73. The monoisotopic (exact) mass is 426 g/mol. The van der Waals surface area contributed by atoms with E-state index in [0.717, 1.165) is 5.56 Å². The summed E-state index contributed by atoms with van der Waals surface area (Å²) in [6, 6.07) is 14.9. The van der Waals surface area contributed by atoms with Gasteiger partial charge in [-0.2, -0.15) is 5.26 Å². The first-order valence-electron chi connectivity index (χ1n) is 8.14. The molecular weight excluding hydrogens is 408 g/mol. The maximum atomic E-state index is 12.3. The number of methoxy groups -OCH3 is 1. The number of halogens is 1. The highest BCUT2D eigenvalue weighted by Crippen LogP contribution is 2.34. The Kier molecular flexibility index (Phi) is 7.65. The summed E-state index contributed by atoms with van der Waals surface area (Å²) < 4.78 is 11.5.